The van der Waals surface area contributed by atoms with Crippen molar-refractivity contribution < 1.29 is 9.53 Å². The van der Waals surface area contributed by atoms with Crippen molar-refractivity contribution in [3.63, 3.8) is 0 Å². The number of hydrogen-bond acceptors (Lipinski definition) is 2. The van der Waals surface area contributed by atoms with E-state index >= 15 is 0 Å². The zero-order valence-electron chi connectivity index (χ0n) is 12.8. The van der Waals surface area contributed by atoms with Gasteiger partial charge in [-0.25, -0.2) is 0 Å². The van der Waals surface area contributed by atoms with E-state index in [9.17, 15) is 4.79 Å². The van der Waals surface area contributed by atoms with E-state index in [0.29, 0.717) is 5.76 Å². The van der Waals surface area contributed by atoms with Crippen molar-refractivity contribution in [2.24, 2.45) is 0 Å². The lowest BCUT2D eigenvalue weighted by Crippen LogP contribution is -2.47. The van der Waals surface area contributed by atoms with Crippen molar-refractivity contribution in [3.05, 3.63) is 77.9 Å². The van der Waals surface area contributed by atoms with Crippen LogP contribution in [0.25, 0.3) is 5.76 Å². The number of rotatable bonds is 3. The van der Waals surface area contributed by atoms with Gasteiger partial charge in [0, 0.05) is 11.6 Å². The highest BCUT2D eigenvalue weighted by molar-refractivity contribution is 5.95. The zero-order chi connectivity index (χ0) is 15.6. The summed E-state index contributed by atoms with van der Waals surface area (Å²) in [6, 6.07) is 19.7. The molecule has 0 N–H and O–H groups in total. The van der Waals surface area contributed by atoms with Crippen molar-refractivity contribution in [1.82, 2.24) is 4.90 Å². The number of nitrogens with zero attached hydrogens (tertiary/aromatic N) is 1. The molecule has 3 rings (SSSR count). The average molecular weight is 293 g/mol. The summed E-state index contributed by atoms with van der Waals surface area (Å²) in [5, 5.41) is 0. The van der Waals surface area contributed by atoms with Crippen LogP contribution in [0.1, 0.15) is 25.0 Å². The van der Waals surface area contributed by atoms with E-state index in [1.165, 1.54) is 0 Å². The fourth-order valence-electron chi connectivity index (χ4n) is 2.64. The lowest BCUT2D eigenvalue weighted by atomic mass is 9.92. The predicted octanol–water partition coefficient (Wildman–Crippen LogP) is 3.78. The van der Waals surface area contributed by atoms with Gasteiger partial charge in [0.2, 0.25) is 0 Å². The monoisotopic (exact) mass is 293 g/mol. The summed E-state index contributed by atoms with van der Waals surface area (Å²) in [5.41, 5.74) is 1.59. The molecule has 2 aromatic carbocycles. The Morgan fingerprint density at radius 2 is 1.55 bits per heavy atom. The van der Waals surface area contributed by atoms with Gasteiger partial charge in [0.15, 0.2) is 6.73 Å². The molecule has 0 saturated carbocycles. The quantitative estimate of drug-likeness (QED) is 0.862. The van der Waals surface area contributed by atoms with E-state index in [-0.39, 0.29) is 12.6 Å². The molecular formula is C19H19NO2. The predicted molar refractivity (Wildman–Crippen MR) is 86.7 cm³/mol. The van der Waals surface area contributed by atoms with Crippen molar-refractivity contribution in [2.75, 3.05) is 6.73 Å². The summed E-state index contributed by atoms with van der Waals surface area (Å²) in [7, 11) is 0. The fourth-order valence-corrected chi connectivity index (χ4v) is 2.64. The molecule has 0 radical (unpaired) electrons. The summed E-state index contributed by atoms with van der Waals surface area (Å²) >= 11 is 0. The summed E-state index contributed by atoms with van der Waals surface area (Å²) < 4.78 is 5.82. The Bertz CT molecular complexity index is 690. The average Bonchev–Trinajstić information content (AvgIpc) is 2.56. The van der Waals surface area contributed by atoms with E-state index in [4.69, 9.17) is 4.74 Å². The summed E-state index contributed by atoms with van der Waals surface area (Å²) in [4.78, 5) is 14.3. The molecule has 1 heterocycles. The maximum Gasteiger partial charge on any atom is 0.253 e. The van der Waals surface area contributed by atoms with E-state index in [1.807, 2.05) is 74.5 Å². The summed E-state index contributed by atoms with van der Waals surface area (Å²) in [6.45, 7) is 4.32. The second kappa shape index (κ2) is 5.68. The molecule has 1 amide bonds. The van der Waals surface area contributed by atoms with E-state index in [2.05, 4.69) is 0 Å². The van der Waals surface area contributed by atoms with E-state index in [1.54, 1.807) is 11.0 Å². The van der Waals surface area contributed by atoms with Crippen LogP contribution in [-0.4, -0.2) is 17.5 Å². The van der Waals surface area contributed by atoms with Crippen molar-refractivity contribution in [2.45, 2.75) is 19.4 Å². The highest BCUT2D eigenvalue weighted by Gasteiger charge is 2.34. The molecule has 3 nitrogen and oxygen atoms in total. The van der Waals surface area contributed by atoms with Crippen molar-refractivity contribution in [1.29, 1.82) is 0 Å². The van der Waals surface area contributed by atoms with Gasteiger partial charge in [0.25, 0.3) is 5.91 Å². The van der Waals surface area contributed by atoms with Crippen LogP contribution in [0.3, 0.4) is 0 Å². The van der Waals surface area contributed by atoms with Crippen LogP contribution in [0.15, 0.2) is 66.7 Å². The third kappa shape index (κ3) is 2.62. The second-order valence-corrected chi connectivity index (χ2v) is 5.84. The topological polar surface area (TPSA) is 29.5 Å². The molecular weight excluding hydrogens is 274 g/mol. The maximum atomic E-state index is 12.6. The first-order chi connectivity index (χ1) is 10.6. The molecule has 112 valence electrons. The van der Waals surface area contributed by atoms with Gasteiger partial charge >= 0.3 is 0 Å². The summed E-state index contributed by atoms with van der Waals surface area (Å²) in [5.74, 6) is 0.602. The molecule has 0 atom stereocenters. The van der Waals surface area contributed by atoms with Crippen LogP contribution < -0.4 is 0 Å². The molecule has 0 aliphatic carbocycles. The Morgan fingerprint density at radius 1 is 0.955 bits per heavy atom. The first-order valence-electron chi connectivity index (χ1n) is 7.36. The summed E-state index contributed by atoms with van der Waals surface area (Å²) in [6.07, 6.45) is 1.57. The minimum Gasteiger partial charge on any atom is -0.472 e. The van der Waals surface area contributed by atoms with Crippen LogP contribution in [-0.2, 0) is 15.1 Å². The third-order valence-corrected chi connectivity index (χ3v) is 4.08. The largest absolute Gasteiger partial charge is 0.472 e. The van der Waals surface area contributed by atoms with Gasteiger partial charge in [-0.1, -0.05) is 60.7 Å². The SMILES string of the molecule is CC(C)(c1ccccc1)N1COC(c2ccccc2)=CC1=O. The molecule has 0 bridgehead atoms. The molecule has 0 unspecified atom stereocenters. The van der Waals surface area contributed by atoms with E-state index in [0.717, 1.165) is 11.1 Å². The molecule has 1 aliphatic heterocycles. The Labute approximate surface area is 130 Å². The van der Waals surface area contributed by atoms with Gasteiger partial charge in [0.1, 0.15) is 5.76 Å². The zero-order valence-corrected chi connectivity index (χ0v) is 12.8. The van der Waals surface area contributed by atoms with Gasteiger partial charge in [0.05, 0.1) is 5.54 Å². The van der Waals surface area contributed by atoms with Crippen LogP contribution in [0, 0.1) is 0 Å². The molecule has 0 fully saturated rings. The number of benzene rings is 2. The first-order valence-corrected chi connectivity index (χ1v) is 7.36. The van der Waals surface area contributed by atoms with E-state index < -0.39 is 5.54 Å². The van der Waals surface area contributed by atoms with Gasteiger partial charge in [-0.3, -0.25) is 9.69 Å². The van der Waals surface area contributed by atoms with Gasteiger partial charge in [-0.05, 0) is 19.4 Å². The molecule has 0 saturated heterocycles. The molecule has 0 aromatic heterocycles. The number of carbonyl (C=O) groups is 1. The van der Waals surface area contributed by atoms with Gasteiger partial charge in [-0.15, -0.1) is 0 Å². The highest BCUT2D eigenvalue weighted by atomic mass is 16.5. The number of hydrogen-bond donors (Lipinski definition) is 0. The van der Waals surface area contributed by atoms with Crippen LogP contribution in [0.5, 0.6) is 0 Å². The standard InChI is InChI=1S/C19H19NO2/c1-19(2,16-11-7-4-8-12-16)20-14-22-17(13-18(20)21)15-9-5-3-6-10-15/h3-13H,14H2,1-2H3. The molecule has 22 heavy (non-hydrogen) atoms. The number of carbonyl (C=O) groups excluding carboxylic acids is 1. The Morgan fingerprint density at radius 3 is 2.14 bits per heavy atom. The molecule has 2 aromatic rings. The highest BCUT2D eigenvalue weighted by Crippen LogP contribution is 2.31. The number of ether oxygens (including phenoxy) is 1. The molecule has 0 spiro atoms. The van der Waals surface area contributed by atoms with Crippen molar-refractivity contribution in [3.8, 4) is 0 Å². The smallest absolute Gasteiger partial charge is 0.253 e. The molecule has 3 heteroatoms. The van der Waals surface area contributed by atoms with Crippen LogP contribution in [0.2, 0.25) is 0 Å². The lowest BCUT2D eigenvalue weighted by Gasteiger charge is -2.40. The lowest BCUT2D eigenvalue weighted by molar-refractivity contribution is -0.138. The van der Waals surface area contributed by atoms with Gasteiger partial charge in [-0.2, -0.15) is 0 Å². The first kappa shape index (κ1) is 14.4. The Kier molecular flexibility index (Phi) is 3.72. The normalized spacial score (nSPS) is 15.3. The number of amides is 1. The van der Waals surface area contributed by atoms with Crippen LogP contribution in [0.4, 0.5) is 0 Å². The van der Waals surface area contributed by atoms with Crippen LogP contribution >= 0.6 is 0 Å². The Balaban J connectivity index is 1.87. The second-order valence-electron chi connectivity index (χ2n) is 5.84. The fraction of sp³-hybridized carbons (Fsp3) is 0.211. The van der Waals surface area contributed by atoms with Gasteiger partial charge < -0.3 is 4.74 Å². The minimum absolute atomic E-state index is 0.0287. The third-order valence-electron chi connectivity index (χ3n) is 4.08. The minimum atomic E-state index is -0.420. The Hall–Kier alpha value is -2.55. The van der Waals surface area contributed by atoms with Crippen molar-refractivity contribution >= 4 is 11.7 Å². The maximum absolute atomic E-state index is 12.6. The molecule has 1 aliphatic rings.